The third-order valence-corrected chi connectivity index (χ3v) is 6.58. The Hall–Kier alpha value is -2.53. The van der Waals surface area contributed by atoms with Crippen molar-refractivity contribution in [3.63, 3.8) is 0 Å². The van der Waals surface area contributed by atoms with Gasteiger partial charge in [0, 0.05) is 30.6 Å². The summed E-state index contributed by atoms with van der Waals surface area (Å²) in [6.45, 7) is 8.16. The Labute approximate surface area is 173 Å². The van der Waals surface area contributed by atoms with E-state index in [9.17, 15) is 4.79 Å². The maximum absolute atomic E-state index is 13.0. The summed E-state index contributed by atoms with van der Waals surface area (Å²) in [5.41, 5.74) is 3.10. The van der Waals surface area contributed by atoms with E-state index in [1.54, 1.807) is 7.11 Å². The molecule has 5 nitrogen and oxygen atoms in total. The van der Waals surface area contributed by atoms with Crippen LogP contribution in [0.5, 0.6) is 5.75 Å². The summed E-state index contributed by atoms with van der Waals surface area (Å²) in [4.78, 5) is 15.2. The van der Waals surface area contributed by atoms with Crippen LogP contribution < -0.4 is 15.0 Å². The molecule has 0 bridgehead atoms. The first-order valence-corrected chi connectivity index (χ1v) is 10.3. The van der Waals surface area contributed by atoms with Crippen LogP contribution in [0, 0.1) is 5.41 Å². The van der Waals surface area contributed by atoms with Gasteiger partial charge in [-0.2, -0.15) is 0 Å². The summed E-state index contributed by atoms with van der Waals surface area (Å²) in [7, 11) is 1.66. The predicted octanol–water partition coefficient (Wildman–Crippen LogP) is 3.63. The number of carbonyl (C=O) groups is 1. The Morgan fingerprint density at radius 3 is 2.45 bits per heavy atom. The number of hydrogen-bond donors (Lipinski definition) is 1. The fourth-order valence-corrected chi connectivity index (χ4v) is 4.58. The van der Waals surface area contributed by atoms with E-state index in [1.165, 1.54) is 5.56 Å². The zero-order valence-electron chi connectivity index (χ0n) is 17.5. The number of nitrogens with one attached hydrogen (secondary N) is 1. The maximum Gasteiger partial charge on any atom is 0.251 e. The van der Waals surface area contributed by atoms with Crippen molar-refractivity contribution in [3.8, 4) is 5.75 Å². The molecule has 0 aromatic heterocycles. The largest absolute Gasteiger partial charge is 0.495 e. The first-order chi connectivity index (χ1) is 14.0. The number of morpholine rings is 1. The molecule has 1 heterocycles. The quantitative estimate of drug-likeness (QED) is 0.813. The van der Waals surface area contributed by atoms with E-state index in [0.29, 0.717) is 25.3 Å². The van der Waals surface area contributed by atoms with Gasteiger partial charge in [0.15, 0.2) is 0 Å². The lowest BCUT2D eigenvalue weighted by molar-refractivity contribution is 0.0948. The number of amides is 1. The van der Waals surface area contributed by atoms with Crippen LogP contribution in [0.15, 0.2) is 48.5 Å². The predicted molar refractivity (Wildman–Crippen MR) is 115 cm³/mol. The molecule has 1 aliphatic carbocycles. The first kappa shape index (κ1) is 19.8. The highest BCUT2D eigenvalue weighted by Gasteiger charge is 2.61. The van der Waals surface area contributed by atoms with Crippen LogP contribution in [0.25, 0.3) is 0 Å². The Morgan fingerprint density at radius 1 is 1.14 bits per heavy atom. The fraction of sp³-hybridized carbons (Fsp3) is 0.458. The van der Waals surface area contributed by atoms with E-state index in [0.717, 1.165) is 30.9 Å². The monoisotopic (exact) mass is 394 g/mol. The molecule has 2 fully saturated rings. The molecule has 1 N–H and O–H groups in total. The summed E-state index contributed by atoms with van der Waals surface area (Å²) in [5, 5.41) is 3.20. The Balaban J connectivity index is 1.51. The lowest BCUT2D eigenvalue weighted by Gasteiger charge is -2.30. The second-order valence-electron chi connectivity index (χ2n) is 8.68. The smallest absolute Gasteiger partial charge is 0.251 e. The molecular formula is C24H30N2O3. The van der Waals surface area contributed by atoms with Crippen molar-refractivity contribution in [1.82, 2.24) is 5.32 Å². The molecule has 1 saturated carbocycles. The van der Waals surface area contributed by atoms with E-state index >= 15 is 0 Å². The lowest BCUT2D eigenvalue weighted by atomic mass is 9.87. The highest BCUT2D eigenvalue weighted by molar-refractivity contribution is 5.95. The maximum atomic E-state index is 13.0. The Morgan fingerprint density at radius 2 is 1.83 bits per heavy atom. The minimum absolute atomic E-state index is 0.00340. The summed E-state index contributed by atoms with van der Waals surface area (Å²) >= 11 is 0. The molecule has 2 aromatic rings. The van der Waals surface area contributed by atoms with Gasteiger partial charge in [-0.05, 0) is 35.6 Å². The number of carbonyl (C=O) groups excluding carboxylic acids is 1. The molecule has 154 valence electrons. The third-order valence-electron chi connectivity index (χ3n) is 6.58. The summed E-state index contributed by atoms with van der Waals surface area (Å²) in [6, 6.07) is 16.2. The highest BCUT2D eigenvalue weighted by Crippen LogP contribution is 2.63. The van der Waals surface area contributed by atoms with Crippen molar-refractivity contribution >= 4 is 11.6 Å². The molecule has 2 aromatic carbocycles. The van der Waals surface area contributed by atoms with E-state index in [-0.39, 0.29) is 16.7 Å². The normalized spacial score (nSPS) is 22.8. The molecule has 1 saturated heterocycles. The lowest BCUT2D eigenvalue weighted by Crippen LogP contribution is -2.37. The van der Waals surface area contributed by atoms with Gasteiger partial charge in [-0.25, -0.2) is 0 Å². The highest BCUT2D eigenvalue weighted by atomic mass is 16.5. The van der Waals surface area contributed by atoms with Crippen LogP contribution in [0.1, 0.15) is 36.2 Å². The van der Waals surface area contributed by atoms with Crippen LogP contribution in [0.4, 0.5) is 5.69 Å². The van der Waals surface area contributed by atoms with Crippen LogP contribution in [0.3, 0.4) is 0 Å². The molecule has 0 radical (unpaired) electrons. The molecule has 1 aliphatic heterocycles. The second-order valence-corrected chi connectivity index (χ2v) is 8.68. The van der Waals surface area contributed by atoms with Crippen LogP contribution >= 0.6 is 0 Å². The van der Waals surface area contributed by atoms with Gasteiger partial charge in [0.1, 0.15) is 5.75 Å². The van der Waals surface area contributed by atoms with Crippen LogP contribution in [-0.2, 0) is 10.2 Å². The first-order valence-electron chi connectivity index (χ1n) is 10.3. The summed E-state index contributed by atoms with van der Waals surface area (Å²) in [5.74, 6) is 0.743. The van der Waals surface area contributed by atoms with Gasteiger partial charge in [-0.3, -0.25) is 4.79 Å². The van der Waals surface area contributed by atoms with Crippen LogP contribution in [-0.4, -0.2) is 45.9 Å². The minimum atomic E-state index is -0.0415. The van der Waals surface area contributed by atoms with E-state index in [4.69, 9.17) is 9.47 Å². The van der Waals surface area contributed by atoms with Gasteiger partial charge >= 0.3 is 0 Å². The van der Waals surface area contributed by atoms with Crippen molar-refractivity contribution in [2.24, 2.45) is 5.41 Å². The minimum Gasteiger partial charge on any atom is -0.495 e. The molecule has 4 rings (SSSR count). The van der Waals surface area contributed by atoms with Gasteiger partial charge in [0.05, 0.1) is 26.0 Å². The van der Waals surface area contributed by atoms with Crippen molar-refractivity contribution in [2.75, 3.05) is 44.9 Å². The number of rotatable bonds is 6. The van der Waals surface area contributed by atoms with Gasteiger partial charge in [0.2, 0.25) is 0 Å². The fourth-order valence-electron chi connectivity index (χ4n) is 4.58. The van der Waals surface area contributed by atoms with E-state index < -0.39 is 0 Å². The Kier molecular flexibility index (Phi) is 5.26. The van der Waals surface area contributed by atoms with Crippen molar-refractivity contribution in [1.29, 1.82) is 0 Å². The number of nitrogens with zero attached hydrogens (tertiary/aromatic N) is 1. The van der Waals surface area contributed by atoms with Crippen molar-refractivity contribution in [2.45, 2.75) is 25.7 Å². The molecule has 29 heavy (non-hydrogen) atoms. The van der Waals surface area contributed by atoms with E-state index in [2.05, 4.69) is 48.3 Å². The topological polar surface area (TPSA) is 50.8 Å². The summed E-state index contributed by atoms with van der Waals surface area (Å²) < 4.78 is 11.0. The number of methoxy groups -OCH3 is 1. The standard InChI is InChI=1S/C24H30N2O3/c1-23(2)16-24(23,19-7-5-4-6-8-19)17-25-22(27)18-9-10-21(28-3)20(15-18)26-11-13-29-14-12-26/h4-10,15H,11-14,16-17H2,1-3H3,(H,25,27). The number of anilines is 1. The SMILES string of the molecule is COc1ccc(C(=O)NCC2(c3ccccc3)CC2(C)C)cc1N1CCOCC1. The third kappa shape index (κ3) is 3.71. The van der Waals surface area contributed by atoms with Gasteiger partial charge in [-0.1, -0.05) is 44.2 Å². The molecular weight excluding hydrogens is 364 g/mol. The van der Waals surface area contributed by atoms with Crippen molar-refractivity contribution < 1.29 is 14.3 Å². The summed E-state index contributed by atoms with van der Waals surface area (Å²) in [6.07, 6.45) is 1.08. The molecule has 2 aliphatic rings. The molecule has 0 spiro atoms. The van der Waals surface area contributed by atoms with Crippen LogP contribution in [0.2, 0.25) is 0 Å². The number of ether oxygens (including phenoxy) is 2. The molecule has 1 amide bonds. The zero-order valence-corrected chi connectivity index (χ0v) is 17.5. The number of benzene rings is 2. The van der Waals surface area contributed by atoms with Gasteiger partial charge < -0.3 is 19.7 Å². The molecule has 5 heteroatoms. The van der Waals surface area contributed by atoms with Gasteiger partial charge in [0.25, 0.3) is 5.91 Å². The average molecular weight is 395 g/mol. The van der Waals surface area contributed by atoms with E-state index in [1.807, 2.05) is 24.3 Å². The van der Waals surface area contributed by atoms with Crippen molar-refractivity contribution in [3.05, 3.63) is 59.7 Å². The zero-order chi connectivity index (χ0) is 20.5. The second kappa shape index (κ2) is 7.71. The Bertz CT molecular complexity index is 875. The number of hydrogen-bond acceptors (Lipinski definition) is 4. The average Bonchev–Trinajstić information content (AvgIpc) is 3.34. The van der Waals surface area contributed by atoms with Gasteiger partial charge in [-0.15, -0.1) is 0 Å². The molecule has 1 atom stereocenters. The molecule has 1 unspecified atom stereocenters.